The Morgan fingerprint density at radius 3 is 2.50 bits per heavy atom. The van der Waals surface area contributed by atoms with Gasteiger partial charge in [0.2, 0.25) is 0 Å². The number of rotatable bonds is 5. The van der Waals surface area contributed by atoms with E-state index in [4.69, 9.17) is 9.47 Å². The first-order chi connectivity index (χ1) is 5.59. The molecule has 1 N–H and O–H groups in total. The van der Waals surface area contributed by atoms with Crippen molar-refractivity contribution in [1.29, 1.82) is 0 Å². The third-order valence-electron chi connectivity index (χ3n) is 1.54. The first-order valence-corrected chi connectivity index (χ1v) is 4.62. The lowest BCUT2D eigenvalue weighted by Gasteiger charge is -2.05. The molecular weight excluding hydrogens is 154 g/mol. The second-order valence-electron chi connectivity index (χ2n) is 3.97. The molecule has 0 bridgehead atoms. The van der Waals surface area contributed by atoms with Crippen LogP contribution in [0.5, 0.6) is 0 Å². The quantitative estimate of drug-likeness (QED) is 0.637. The van der Waals surface area contributed by atoms with Crippen LogP contribution in [0.4, 0.5) is 0 Å². The summed E-state index contributed by atoms with van der Waals surface area (Å²) in [6.07, 6.45) is 0.124. The zero-order valence-electron chi connectivity index (χ0n) is 8.33. The highest BCUT2D eigenvalue weighted by Crippen LogP contribution is 2.21. The number of ether oxygens (including phenoxy) is 2. The van der Waals surface area contributed by atoms with E-state index in [1.807, 2.05) is 0 Å². The fourth-order valence-corrected chi connectivity index (χ4v) is 0.959. The highest BCUT2D eigenvalue weighted by molar-refractivity contribution is 4.76. The molecule has 1 aliphatic rings. The SMILES string of the molecule is CC(C)COC1OC1NC(C)C. The summed E-state index contributed by atoms with van der Waals surface area (Å²) in [7, 11) is 0. The average molecular weight is 173 g/mol. The van der Waals surface area contributed by atoms with E-state index in [0.29, 0.717) is 12.0 Å². The van der Waals surface area contributed by atoms with Crippen LogP contribution in [0.2, 0.25) is 0 Å². The van der Waals surface area contributed by atoms with Gasteiger partial charge in [0.25, 0.3) is 0 Å². The zero-order chi connectivity index (χ0) is 9.14. The van der Waals surface area contributed by atoms with Gasteiger partial charge in [-0.3, -0.25) is 5.32 Å². The topological polar surface area (TPSA) is 33.8 Å². The minimum absolute atomic E-state index is 0.00481. The number of hydrogen-bond acceptors (Lipinski definition) is 3. The van der Waals surface area contributed by atoms with Crippen LogP contribution in [0.3, 0.4) is 0 Å². The fraction of sp³-hybridized carbons (Fsp3) is 1.00. The summed E-state index contributed by atoms with van der Waals surface area (Å²) < 4.78 is 10.7. The van der Waals surface area contributed by atoms with Gasteiger partial charge in [-0.1, -0.05) is 13.8 Å². The molecule has 0 aliphatic carbocycles. The van der Waals surface area contributed by atoms with E-state index >= 15 is 0 Å². The molecular formula is C9H19NO2. The molecule has 0 saturated carbocycles. The van der Waals surface area contributed by atoms with Crippen LogP contribution < -0.4 is 5.32 Å². The van der Waals surface area contributed by atoms with Crippen LogP contribution in [0, 0.1) is 5.92 Å². The van der Waals surface area contributed by atoms with Gasteiger partial charge < -0.3 is 9.47 Å². The molecule has 3 heteroatoms. The van der Waals surface area contributed by atoms with Gasteiger partial charge in [0.1, 0.15) is 0 Å². The van der Waals surface area contributed by atoms with Gasteiger partial charge in [0.15, 0.2) is 12.5 Å². The van der Waals surface area contributed by atoms with E-state index in [1.165, 1.54) is 0 Å². The average Bonchev–Trinajstić information content (AvgIpc) is 2.62. The Morgan fingerprint density at radius 2 is 2.00 bits per heavy atom. The van der Waals surface area contributed by atoms with Crippen LogP contribution in [-0.2, 0) is 9.47 Å². The molecule has 0 radical (unpaired) electrons. The normalized spacial score (nSPS) is 28.5. The number of hydrogen-bond donors (Lipinski definition) is 1. The van der Waals surface area contributed by atoms with Crippen LogP contribution in [0.1, 0.15) is 27.7 Å². The Bertz CT molecular complexity index is 136. The molecule has 1 saturated heterocycles. The lowest BCUT2D eigenvalue weighted by Crippen LogP contribution is -2.28. The van der Waals surface area contributed by atoms with Gasteiger partial charge in [-0.15, -0.1) is 0 Å². The van der Waals surface area contributed by atoms with Gasteiger partial charge >= 0.3 is 0 Å². The van der Waals surface area contributed by atoms with E-state index in [1.54, 1.807) is 0 Å². The maximum absolute atomic E-state index is 5.44. The van der Waals surface area contributed by atoms with E-state index in [0.717, 1.165) is 6.61 Å². The van der Waals surface area contributed by atoms with Crippen molar-refractivity contribution in [2.24, 2.45) is 5.92 Å². The molecule has 0 aromatic heterocycles. The van der Waals surface area contributed by atoms with Crippen molar-refractivity contribution in [3.05, 3.63) is 0 Å². The van der Waals surface area contributed by atoms with Gasteiger partial charge in [-0.05, 0) is 19.8 Å². The highest BCUT2D eigenvalue weighted by Gasteiger charge is 2.40. The maximum Gasteiger partial charge on any atom is 0.199 e. The van der Waals surface area contributed by atoms with Gasteiger partial charge in [0.05, 0.1) is 6.61 Å². The van der Waals surface area contributed by atoms with Crippen molar-refractivity contribution in [1.82, 2.24) is 5.32 Å². The van der Waals surface area contributed by atoms with Gasteiger partial charge in [0, 0.05) is 6.04 Å². The molecule has 0 aromatic carbocycles. The molecule has 3 nitrogen and oxygen atoms in total. The molecule has 12 heavy (non-hydrogen) atoms. The summed E-state index contributed by atoms with van der Waals surface area (Å²) >= 11 is 0. The van der Waals surface area contributed by atoms with Crippen LogP contribution >= 0.6 is 0 Å². The van der Waals surface area contributed by atoms with Crippen LogP contribution in [0.25, 0.3) is 0 Å². The Hall–Kier alpha value is -0.120. The standard InChI is InChI=1S/C9H19NO2/c1-6(2)5-11-9-8(12-9)10-7(3)4/h6-10H,5H2,1-4H3. The summed E-state index contributed by atoms with van der Waals surface area (Å²) in [6, 6.07) is 0.461. The molecule has 2 atom stereocenters. The fourth-order valence-electron chi connectivity index (χ4n) is 0.959. The molecule has 72 valence electrons. The summed E-state index contributed by atoms with van der Waals surface area (Å²) in [5.74, 6) is 0.578. The van der Waals surface area contributed by atoms with Crippen molar-refractivity contribution in [2.75, 3.05) is 6.61 Å². The van der Waals surface area contributed by atoms with E-state index in [-0.39, 0.29) is 12.5 Å². The van der Waals surface area contributed by atoms with E-state index in [2.05, 4.69) is 33.0 Å². The minimum Gasteiger partial charge on any atom is -0.348 e. The monoisotopic (exact) mass is 173 g/mol. The Labute approximate surface area is 74.4 Å². The van der Waals surface area contributed by atoms with E-state index in [9.17, 15) is 0 Å². The molecule has 1 rings (SSSR count). The second kappa shape index (κ2) is 4.21. The van der Waals surface area contributed by atoms with Crippen molar-refractivity contribution >= 4 is 0 Å². The van der Waals surface area contributed by atoms with Crippen molar-refractivity contribution in [2.45, 2.75) is 46.3 Å². The number of epoxide rings is 1. The molecule has 0 aromatic rings. The van der Waals surface area contributed by atoms with Crippen LogP contribution in [-0.4, -0.2) is 25.2 Å². The first kappa shape index (κ1) is 9.96. The highest BCUT2D eigenvalue weighted by atomic mass is 16.8. The minimum atomic E-state index is -0.00481. The largest absolute Gasteiger partial charge is 0.348 e. The lowest BCUT2D eigenvalue weighted by atomic mass is 10.2. The summed E-state index contributed by atoms with van der Waals surface area (Å²) in [5, 5.41) is 3.24. The second-order valence-corrected chi connectivity index (χ2v) is 3.97. The molecule has 2 unspecified atom stereocenters. The molecule has 1 aliphatic heterocycles. The summed E-state index contributed by atoms with van der Waals surface area (Å²) in [6.45, 7) is 9.24. The molecule has 0 amide bonds. The molecule has 1 heterocycles. The predicted octanol–water partition coefficient (Wildman–Crippen LogP) is 1.34. The van der Waals surface area contributed by atoms with E-state index < -0.39 is 0 Å². The Balaban J connectivity index is 2.00. The maximum atomic E-state index is 5.44. The van der Waals surface area contributed by atoms with Crippen LogP contribution in [0.15, 0.2) is 0 Å². The smallest absolute Gasteiger partial charge is 0.199 e. The summed E-state index contributed by atoms with van der Waals surface area (Å²) in [4.78, 5) is 0. The van der Waals surface area contributed by atoms with Crippen molar-refractivity contribution in [3.8, 4) is 0 Å². The summed E-state index contributed by atoms with van der Waals surface area (Å²) in [5.41, 5.74) is 0. The molecule has 0 spiro atoms. The number of nitrogens with one attached hydrogen (secondary N) is 1. The van der Waals surface area contributed by atoms with Crippen molar-refractivity contribution in [3.63, 3.8) is 0 Å². The lowest BCUT2D eigenvalue weighted by molar-refractivity contribution is 0.0342. The van der Waals surface area contributed by atoms with Gasteiger partial charge in [-0.25, -0.2) is 0 Å². The zero-order valence-corrected chi connectivity index (χ0v) is 8.33. The Kier molecular flexibility index (Phi) is 3.50. The van der Waals surface area contributed by atoms with Gasteiger partial charge in [-0.2, -0.15) is 0 Å². The molecule has 1 fully saturated rings. The third-order valence-corrected chi connectivity index (χ3v) is 1.54. The third kappa shape index (κ3) is 3.52. The Morgan fingerprint density at radius 1 is 1.33 bits per heavy atom. The van der Waals surface area contributed by atoms with Crippen molar-refractivity contribution < 1.29 is 9.47 Å². The predicted molar refractivity (Wildman–Crippen MR) is 47.7 cm³/mol. The first-order valence-electron chi connectivity index (χ1n) is 4.62.